The average Bonchev–Trinajstić information content (AvgIpc) is 2.91. The number of aromatic nitrogens is 2. The van der Waals surface area contributed by atoms with Crippen LogP contribution in [0, 0.1) is 0 Å². The predicted molar refractivity (Wildman–Crippen MR) is 84.0 cm³/mol. The Morgan fingerprint density at radius 1 is 1.19 bits per heavy atom. The zero-order valence-corrected chi connectivity index (χ0v) is 13.6. The summed E-state index contributed by atoms with van der Waals surface area (Å²) in [5.74, 6) is 2.29. The fraction of sp³-hybridized carbons (Fsp3) is 0.750. The summed E-state index contributed by atoms with van der Waals surface area (Å²) in [7, 11) is 1.66. The van der Waals surface area contributed by atoms with E-state index >= 15 is 0 Å². The molecule has 1 heterocycles. The number of hydrogen-bond donors (Lipinski definition) is 1. The first-order chi connectivity index (χ1) is 9.99. The van der Waals surface area contributed by atoms with Crippen LogP contribution < -0.4 is 10.1 Å². The number of ether oxygens (including phenoxy) is 2. The zero-order valence-electron chi connectivity index (χ0n) is 13.6. The van der Waals surface area contributed by atoms with E-state index in [2.05, 4.69) is 36.1 Å². The van der Waals surface area contributed by atoms with Crippen LogP contribution in [0.1, 0.15) is 52.3 Å². The normalized spacial score (nSPS) is 16.2. The van der Waals surface area contributed by atoms with Crippen LogP contribution in [0.4, 0.5) is 5.82 Å². The third-order valence-electron chi connectivity index (χ3n) is 3.62. The number of hydrogen-bond acceptors (Lipinski definition) is 5. The van der Waals surface area contributed by atoms with Gasteiger partial charge in [-0.2, -0.15) is 4.98 Å². The van der Waals surface area contributed by atoms with Crippen molar-refractivity contribution >= 4 is 5.82 Å². The fourth-order valence-corrected chi connectivity index (χ4v) is 2.42. The van der Waals surface area contributed by atoms with Crippen LogP contribution in [0.2, 0.25) is 0 Å². The Bertz CT molecular complexity index is 451. The van der Waals surface area contributed by atoms with Gasteiger partial charge in [-0.1, -0.05) is 33.6 Å². The minimum Gasteiger partial charge on any atom is -0.475 e. The first-order valence-corrected chi connectivity index (χ1v) is 7.77. The van der Waals surface area contributed by atoms with Gasteiger partial charge in [0.1, 0.15) is 18.2 Å². The van der Waals surface area contributed by atoms with E-state index in [-0.39, 0.29) is 5.41 Å². The molecule has 118 valence electrons. The number of anilines is 1. The molecule has 1 aromatic heterocycles. The van der Waals surface area contributed by atoms with Crippen LogP contribution in [-0.2, 0) is 10.2 Å². The van der Waals surface area contributed by atoms with Crippen molar-refractivity contribution in [1.82, 2.24) is 9.97 Å². The number of rotatable bonds is 6. The average molecular weight is 293 g/mol. The van der Waals surface area contributed by atoms with Gasteiger partial charge in [-0.05, 0) is 12.8 Å². The molecule has 1 aromatic rings. The van der Waals surface area contributed by atoms with E-state index in [9.17, 15) is 0 Å². The van der Waals surface area contributed by atoms with Gasteiger partial charge in [0.15, 0.2) is 0 Å². The summed E-state index contributed by atoms with van der Waals surface area (Å²) >= 11 is 0. The second-order valence-electron chi connectivity index (χ2n) is 6.63. The van der Waals surface area contributed by atoms with Gasteiger partial charge in [-0.3, -0.25) is 0 Å². The number of methoxy groups -OCH3 is 1. The Morgan fingerprint density at radius 3 is 2.52 bits per heavy atom. The van der Waals surface area contributed by atoms with Crippen molar-refractivity contribution in [1.29, 1.82) is 0 Å². The van der Waals surface area contributed by atoms with Crippen LogP contribution in [0.3, 0.4) is 0 Å². The van der Waals surface area contributed by atoms with Gasteiger partial charge >= 0.3 is 0 Å². The van der Waals surface area contributed by atoms with E-state index in [1.807, 2.05) is 6.07 Å². The molecule has 2 rings (SSSR count). The molecule has 0 aromatic carbocycles. The monoisotopic (exact) mass is 293 g/mol. The summed E-state index contributed by atoms with van der Waals surface area (Å²) in [4.78, 5) is 9.19. The van der Waals surface area contributed by atoms with Crippen LogP contribution in [-0.4, -0.2) is 36.3 Å². The second kappa shape index (κ2) is 7.07. The highest BCUT2D eigenvalue weighted by Crippen LogP contribution is 2.26. The zero-order chi connectivity index (χ0) is 15.3. The van der Waals surface area contributed by atoms with Crippen LogP contribution in [0.5, 0.6) is 5.88 Å². The van der Waals surface area contributed by atoms with Crippen molar-refractivity contribution in [2.24, 2.45) is 0 Å². The maximum Gasteiger partial charge on any atom is 0.218 e. The summed E-state index contributed by atoms with van der Waals surface area (Å²) in [5, 5.41) is 3.52. The largest absolute Gasteiger partial charge is 0.475 e. The topological polar surface area (TPSA) is 56.3 Å². The third-order valence-corrected chi connectivity index (χ3v) is 3.62. The van der Waals surface area contributed by atoms with Gasteiger partial charge in [-0.15, -0.1) is 0 Å². The molecule has 1 fully saturated rings. The molecule has 0 bridgehead atoms. The van der Waals surface area contributed by atoms with Crippen molar-refractivity contribution < 1.29 is 9.47 Å². The molecule has 1 aliphatic carbocycles. The molecule has 21 heavy (non-hydrogen) atoms. The van der Waals surface area contributed by atoms with Crippen molar-refractivity contribution in [3.63, 3.8) is 0 Å². The van der Waals surface area contributed by atoms with Crippen LogP contribution >= 0.6 is 0 Å². The molecule has 0 amide bonds. The van der Waals surface area contributed by atoms with Gasteiger partial charge in [-0.25, -0.2) is 4.98 Å². The molecule has 5 heteroatoms. The van der Waals surface area contributed by atoms with Crippen molar-refractivity contribution in [2.75, 3.05) is 25.6 Å². The van der Waals surface area contributed by atoms with Gasteiger partial charge in [0.2, 0.25) is 5.88 Å². The smallest absolute Gasteiger partial charge is 0.218 e. The Kier molecular flexibility index (Phi) is 5.39. The van der Waals surface area contributed by atoms with Gasteiger partial charge in [0, 0.05) is 24.6 Å². The Morgan fingerprint density at radius 2 is 1.90 bits per heavy atom. The summed E-state index contributed by atoms with van der Waals surface area (Å²) in [6.07, 6.45) is 5.03. The summed E-state index contributed by atoms with van der Waals surface area (Å²) in [6, 6.07) is 2.42. The predicted octanol–water partition coefficient (Wildman–Crippen LogP) is 3.15. The fourth-order valence-electron chi connectivity index (χ4n) is 2.42. The highest BCUT2D eigenvalue weighted by atomic mass is 16.5. The van der Waals surface area contributed by atoms with E-state index in [4.69, 9.17) is 9.47 Å². The van der Waals surface area contributed by atoms with Crippen molar-refractivity contribution in [3.8, 4) is 5.88 Å². The Hall–Kier alpha value is -1.36. The lowest BCUT2D eigenvalue weighted by Crippen LogP contribution is -2.21. The molecule has 0 spiro atoms. The maximum absolute atomic E-state index is 5.67. The minimum absolute atomic E-state index is 0.104. The molecule has 0 unspecified atom stereocenters. The van der Waals surface area contributed by atoms with Crippen molar-refractivity contribution in [2.45, 2.75) is 57.9 Å². The van der Waals surface area contributed by atoms with E-state index in [1.165, 1.54) is 25.7 Å². The van der Waals surface area contributed by atoms with E-state index < -0.39 is 0 Å². The molecule has 0 aliphatic heterocycles. The molecular formula is C16H27N3O2. The molecule has 0 saturated heterocycles. The van der Waals surface area contributed by atoms with Gasteiger partial charge < -0.3 is 14.8 Å². The third kappa shape index (κ3) is 4.84. The molecule has 1 N–H and O–H groups in total. The lowest BCUT2D eigenvalue weighted by molar-refractivity contribution is 0.143. The van der Waals surface area contributed by atoms with Gasteiger partial charge in [0.05, 0.1) is 6.61 Å². The molecule has 0 radical (unpaired) electrons. The summed E-state index contributed by atoms with van der Waals surface area (Å²) < 4.78 is 10.7. The van der Waals surface area contributed by atoms with Crippen molar-refractivity contribution in [3.05, 3.63) is 11.9 Å². The lowest BCUT2D eigenvalue weighted by Gasteiger charge is -2.20. The molecular weight excluding hydrogens is 266 g/mol. The quantitative estimate of drug-likeness (QED) is 0.817. The molecule has 5 nitrogen and oxygen atoms in total. The highest BCUT2D eigenvalue weighted by Gasteiger charge is 2.21. The number of nitrogens with one attached hydrogen (secondary N) is 1. The second-order valence-corrected chi connectivity index (χ2v) is 6.63. The lowest BCUT2D eigenvalue weighted by atomic mass is 9.96. The standard InChI is InChI=1S/C16H27N3O2/c1-16(2,3)15-18-13(17-12-7-5-6-8-12)11-14(19-15)21-10-9-20-4/h11-12H,5-10H2,1-4H3,(H,17,18,19). The van der Waals surface area contributed by atoms with Crippen LogP contribution in [0.15, 0.2) is 6.07 Å². The highest BCUT2D eigenvalue weighted by molar-refractivity contribution is 5.40. The first kappa shape index (κ1) is 16.0. The Balaban J connectivity index is 2.15. The molecule has 0 atom stereocenters. The molecule has 1 aliphatic rings. The first-order valence-electron chi connectivity index (χ1n) is 7.77. The SMILES string of the molecule is COCCOc1cc(NC2CCCC2)nc(C(C)(C)C)n1. The van der Waals surface area contributed by atoms with E-state index in [0.29, 0.717) is 25.1 Å². The summed E-state index contributed by atoms with van der Waals surface area (Å²) in [5.41, 5.74) is -0.104. The van der Waals surface area contributed by atoms with E-state index in [0.717, 1.165) is 11.6 Å². The van der Waals surface area contributed by atoms with Crippen LogP contribution in [0.25, 0.3) is 0 Å². The minimum atomic E-state index is -0.104. The van der Waals surface area contributed by atoms with E-state index in [1.54, 1.807) is 7.11 Å². The number of nitrogens with zero attached hydrogens (tertiary/aromatic N) is 2. The maximum atomic E-state index is 5.67. The Labute approximate surface area is 127 Å². The summed E-state index contributed by atoms with van der Waals surface area (Å²) in [6.45, 7) is 7.39. The molecule has 1 saturated carbocycles. The van der Waals surface area contributed by atoms with Gasteiger partial charge in [0.25, 0.3) is 0 Å².